The molecule has 112 valence electrons. The van der Waals surface area contributed by atoms with E-state index in [1.807, 2.05) is 0 Å². The smallest absolute Gasteiger partial charge is 0.127 e. The summed E-state index contributed by atoms with van der Waals surface area (Å²) >= 11 is 1.49. The zero-order chi connectivity index (χ0) is 14.7. The van der Waals surface area contributed by atoms with Crippen LogP contribution in [0.15, 0.2) is 18.2 Å². The summed E-state index contributed by atoms with van der Waals surface area (Å²) in [5, 5.41) is 7.91. The quantitative estimate of drug-likeness (QED) is 0.890. The lowest BCUT2D eigenvalue weighted by Gasteiger charge is -2.20. The van der Waals surface area contributed by atoms with Gasteiger partial charge in [-0.2, -0.15) is 0 Å². The fraction of sp³-hybridized carbons (Fsp3) is 0.500. The van der Waals surface area contributed by atoms with Crippen LogP contribution in [0.25, 0.3) is 0 Å². The molecule has 21 heavy (non-hydrogen) atoms. The fourth-order valence-electron chi connectivity index (χ4n) is 2.78. The number of nitrogens with one attached hydrogen (secondary N) is 1. The van der Waals surface area contributed by atoms with Crippen molar-refractivity contribution in [2.75, 3.05) is 13.2 Å². The van der Waals surface area contributed by atoms with Crippen LogP contribution < -0.4 is 10.1 Å². The SMILES string of the molecule is CCCNC(c1cccc2c1OCC2)c1snnc1CC. The molecule has 5 heteroatoms. The van der Waals surface area contributed by atoms with Crippen LogP contribution >= 0.6 is 11.5 Å². The molecule has 0 saturated heterocycles. The van der Waals surface area contributed by atoms with Crippen molar-refractivity contribution in [1.29, 1.82) is 0 Å². The van der Waals surface area contributed by atoms with Gasteiger partial charge in [-0.15, -0.1) is 5.10 Å². The van der Waals surface area contributed by atoms with Crippen LogP contribution in [0.3, 0.4) is 0 Å². The van der Waals surface area contributed by atoms with Gasteiger partial charge in [0.25, 0.3) is 0 Å². The third-order valence-electron chi connectivity index (χ3n) is 3.84. The zero-order valence-corrected chi connectivity index (χ0v) is 13.4. The predicted octanol–water partition coefficient (Wildman–Crippen LogP) is 3.12. The Morgan fingerprint density at radius 3 is 3.10 bits per heavy atom. The fourth-order valence-corrected chi connectivity index (χ4v) is 3.61. The van der Waals surface area contributed by atoms with Gasteiger partial charge < -0.3 is 10.1 Å². The summed E-state index contributed by atoms with van der Waals surface area (Å²) in [6.45, 7) is 6.06. The molecule has 2 aromatic rings. The number of benzene rings is 1. The van der Waals surface area contributed by atoms with Gasteiger partial charge in [0.05, 0.1) is 23.2 Å². The van der Waals surface area contributed by atoms with Gasteiger partial charge in [-0.05, 0) is 36.5 Å². The summed E-state index contributed by atoms with van der Waals surface area (Å²) in [6, 6.07) is 6.59. The molecular formula is C16H21N3OS. The molecule has 3 rings (SSSR count). The van der Waals surface area contributed by atoms with Crippen LogP contribution in [0, 0.1) is 0 Å². The summed E-state index contributed by atoms with van der Waals surface area (Å²) in [5.74, 6) is 1.06. The van der Waals surface area contributed by atoms with Crippen LogP contribution in [0.4, 0.5) is 0 Å². The maximum atomic E-state index is 5.89. The van der Waals surface area contributed by atoms with Gasteiger partial charge in [0.2, 0.25) is 0 Å². The van der Waals surface area contributed by atoms with Crippen molar-refractivity contribution < 1.29 is 4.74 Å². The first-order chi connectivity index (χ1) is 10.3. The van der Waals surface area contributed by atoms with E-state index >= 15 is 0 Å². The van der Waals surface area contributed by atoms with E-state index in [4.69, 9.17) is 4.74 Å². The molecule has 0 bridgehead atoms. The van der Waals surface area contributed by atoms with E-state index in [9.17, 15) is 0 Å². The Labute approximate surface area is 129 Å². The number of aromatic nitrogens is 2. The van der Waals surface area contributed by atoms with Crippen molar-refractivity contribution in [2.24, 2.45) is 0 Å². The van der Waals surface area contributed by atoms with Crippen LogP contribution in [0.1, 0.15) is 48.0 Å². The molecule has 1 atom stereocenters. The van der Waals surface area contributed by atoms with Crippen LogP contribution in [-0.4, -0.2) is 22.7 Å². The molecule has 1 aliphatic rings. The van der Waals surface area contributed by atoms with E-state index in [-0.39, 0.29) is 6.04 Å². The van der Waals surface area contributed by atoms with Gasteiger partial charge >= 0.3 is 0 Å². The van der Waals surface area contributed by atoms with Gasteiger partial charge in [0.15, 0.2) is 0 Å². The average molecular weight is 303 g/mol. The molecule has 0 aliphatic carbocycles. The third kappa shape index (κ3) is 2.80. The molecule has 0 spiro atoms. The highest BCUT2D eigenvalue weighted by molar-refractivity contribution is 7.05. The number of rotatable bonds is 6. The minimum atomic E-state index is 0.132. The molecule has 1 N–H and O–H groups in total. The highest BCUT2D eigenvalue weighted by atomic mass is 32.1. The molecule has 1 aromatic heterocycles. The van der Waals surface area contributed by atoms with Crippen LogP contribution in [-0.2, 0) is 12.8 Å². The Morgan fingerprint density at radius 1 is 1.38 bits per heavy atom. The zero-order valence-electron chi connectivity index (χ0n) is 12.6. The molecule has 0 radical (unpaired) electrons. The highest BCUT2D eigenvalue weighted by Gasteiger charge is 2.26. The number of nitrogens with zero attached hydrogens (tertiary/aromatic N) is 2. The average Bonchev–Trinajstić information content (AvgIpc) is 3.16. The van der Waals surface area contributed by atoms with Gasteiger partial charge in [-0.3, -0.25) is 0 Å². The van der Waals surface area contributed by atoms with Crippen molar-refractivity contribution in [3.63, 3.8) is 0 Å². The van der Waals surface area contributed by atoms with E-state index in [0.717, 1.165) is 43.9 Å². The molecule has 0 amide bonds. The molecule has 0 saturated carbocycles. The molecule has 4 nitrogen and oxygen atoms in total. The molecule has 1 aliphatic heterocycles. The topological polar surface area (TPSA) is 47.0 Å². The highest BCUT2D eigenvalue weighted by Crippen LogP contribution is 2.37. The van der Waals surface area contributed by atoms with E-state index in [1.54, 1.807) is 0 Å². The second kappa shape index (κ2) is 6.54. The Kier molecular flexibility index (Phi) is 4.51. The van der Waals surface area contributed by atoms with Crippen LogP contribution in [0.5, 0.6) is 5.75 Å². The maximum absolute atomic E-state index is 5.89. The van der Waals surface area contributed by atoms with Crippen molar-refractivity contribution >= 4 is 11.5 Å². The Bertz CT molecular complexity index is 611. The Hall–Kier alpha value is -1.46. The summed E-state index contributed by atoms with van der Waals surface area (Å²) in [4.78, 5) is 1.22. The first-order valence-corrected chi connectivity index (χ1v) is 8.41. The van der Waals surface area contributed by atoms with Gasteiger partial charge in [0.1, 0.15) is 5.75 Å². The molecular weight excluding hydrogens is 282 g/mol. The summed E-state index contributed by atoms with van der Waals surface area (Å²) in [6.07, 6.45) is 3.01. The molecule has 0 fully saturated rings. The summed E-state index contributed by atoms with van der Waals surface area (Å²) in [5.41, 5.74) is 3.62. The van der Waals surface area contributed by atoms with Gasteiger partial charge in [0, 0.05) is 12.0 Å². The third-order valence-corrected chi connectivity index (χ3v) is 4.67. The lowest BCUT2D eigenvalue weighted by Crippen LogP contribution is -2.23. The number of hydrogen-bond donors (Lipinski definition) is 1. The second-order valence-corrected chi connectivity index (χ2v) is 6.04. The molecule has 2 heterocycles. The van der Waals surface area contributed by atoms with Gasteiger partial charge in [-0.25, -0.2) is 0 Å². The van der Waals surface area contributed by atoms with E-state index in [2.05, 4.69) is 47.0 Å². The monoisotopic (exact) mass is 303 g/mol. The standard InChI is InChI=1S/C16H21N3OS/c1-3-9-17-14(16-13(4-2)18-19-21-16)12-7-5-6-11-8-10-20-15(11)12/h5-7,14,17H,3-4,8-10H2,1-2H3. The second-order valence-electron chi connectivity index (χ2n) is 5.26. The van der Waals surface area contributed by atoms with Crippen molar-refractivity contribution in [3.05, 3.63) is 39.9 Å². The lowest BCUT2D eigenvalue weighted by molar-refractivity contribution is 0.350. The number of hydrogen-bond acceptors (Lipinski definition) is 5. The molecule has 1 aromatic carbocycles. The number of ether oxygens (including phenoxy) is 1. The Balaban J connectivity index is 2.02. The van der Waals surface area contributed by atoms with E-state index < -0.39 is 0 Å². The van der Waals surface area contributed by atoms with Crippen LogP contribution in [0.2, 0.25) is 0 Å². The first kappa shape index (κ1) is 14.5. The van der Waals surface area contributed by atoms with Crippen molar-refractivity contribution in [2.45, 2.75) is 39.2 Å². The predicted molar refractivity (Wildman–Crippen MR) is 85.1 cm³/mol. The minimum absolute atomic E-state index is 0.132. The summed E-state index contributed by atoms with van der Waals surface area (Å²) < 4.78 is 10.0. The van der Waals surface area contributed by atoms with E-state index in [1.165, 1.54) is 27.5 Å². The first-order valence-electron chi connectivity index (χ1n) is 7.64. The number of fused-ring (bicyclic) bond motifs is 1. The molecule has 1 unspecified atom stereocenters. The largest absolute Gasteiger partial charge is 0.493 e. The number of aryl methyl sites for hydroxylation is 1. The lowest BCUT2D eigenvalue weighted by atomic mass is 9.99. The normalized spacial score (nSPS) is 14.8. The summed E-state index contributed by atoms with van der Waals surface area (Å²) in [7, 11) is 0. The van der Waals surface area contributed by atoms with Crippen molar-refractivity contribution in [1.82, 2.24) is 14.9 Å². The maximum Gasteiger partial charge on any atom is 0.127 e. The van der Waals surface area contributed by atoms with Gasteiger partial charge in [-0.1, -0.05) is 36.5 Å². The number of para-hydroxylation sites is 1. The van der Waals surface area contributed by atoms with E-state index in [0.29, 0.717) is 0 Å². The van der Waals surface area contributed by atoms with Crippen molar-refractivity contribution in [3.8, 4) is 5.75 Å². The Morgan fingerprint density at radius 2 is 2.29 bits per heavy atom. The minimum Gasteiger partial charge on any atom is -0.493 e.